The Kier molecular flexibility index (Phi) is 9.14. The first kappa shape index (κ1) is 26.4. The predicted molar refractivity (Wildman–Crippen MR) is 132 cm³/mol. The number of aliphatic hydroxyl groups excluding tert-OH is 1. The number of aromatic nitrogens is 1. The number of H-pyrrole nitrogens is 1. The largest absolute Gasteiger partial charge is 0.480 e. The van der Waals surface area contributed by atoms with Gasteiger partial charge in [-0.1, -0.05) is 48.5 Å². The lowest BCUT2D eigenvalue weighted by atomic mass is 10.0. The maximum Gasteiger partial charge on any atom is 0.328 e. The third kappa shape index (κ3) is 6.90. The molecule has 3 unspecified atom stereocenters. The number of carboxylic acid groups (broad SMARTS) is 1. The van der Waals surface area contributed by atoms with Gasteiger partial charge in [-0.25, -0.2) is 4.79 Å². The van der Waals surface area contributed by atoms with Crippen LogP contribution in [0.4, 0.5) is 0 Å². The minimum Gasteiger partial charge on any atom is -0.480 e. The molecular formula is C25H29N5O6. The van der Waals surface area contributed by atoms with Gasteiger partial charge in [0.1, 0.15) is 18.1 Å². The Hall–Kier alpha value is -4.22. The first-order chi connectivity index (χ1) is 17.3. The van der Waals surface area contributed by atoms with Gasteiger partial charge in [-0.15, -0.1) is 0 Å². The third-order valence-electron chi connectivity index (χ3n) is 5.65. The molecule has 3 atom stereocenters. The fourth-order valence-electron chi connectivity index (χ4n) is 3.77. The monoisotopic (exact) mass is 495 g/mol. The molecule has 0 aliphatic rings. The zero-order chi connectivity index (χ0) is 26.1. The van der Waals surface area contributed by atoms with Crippen LogP contribution in [0.2, 0.25) is 0 Å². The van der Waals surface area contributed by atoms with Gasteiger partial charge in [-0.3, -0.25) is 14.4 Å². The number of aliphatic hydroxyl groups is 1. The van der Waals surface area contributed by atoms with E-state index in [1.54, 1.807) is 30.5 Å². The van der Waals surface area contributed by atoms with Crippen LogP contribution < -0.4 is 21.7 Å². The molecule has 3 amide bonds. The lowest BCUT2D eigenvalue weighted by Gasteiger charge is -2.24. The lowest BCUT2D eigenvalue weighted by Crippen LogP contribution is -2.57. The van der Waals surface area contributed by atoms with E-state index in [2.05, 4.69) is 20.9 Å². The average Bonchev–Trinajstić information content (AvgIpc) is 3.29. The summed E-state index contributed by atoms with van der Waals surface area (Å²) >= 11 is 0. The number of nitrogens with one attached hydrogen (secondary N) is 4. The molecular weight excluding hydrogens is 466 g/mol. The first-order valence-corrected chi connectivity index (χ1v) is 11.3. The molecule has 11 nitrogen and oxygen atoms in total. The topological polar surface area (TPSA) is 187 Å². The Morgan fingerprint density at radius 1 is 0.833 bits per heavy atom. The van der Waals surface area contributed by atoms with Gasteiger partial charge in [-0.05, 0) is 17.2 Å². The second-order valence-electron chi connectivity index (χ2n) is 8.22. The molecule has 3 rings (SSSR count). The number of aromatic amines is 1. The Bertz CT molecular complexity index is 1210. The number of carbonyl (C=O) groups excluding carboxylic acids is 3. The van der Waals surface area contributed by atoms with Crippen LogP contribution in [-0.4, -0.2) is 70.2 Å². The highest BCUT2D eigenvalue weighted by molar-refractivity contribution is 5.94. The van der Waals surface area contributed by atoms with E-state index in [-0.39, 0.29) is 19.4 Å². The van der Waals surface area contributed by atoms with Gasteiger partial charge in [0, 0.05) is 29.9 Å². The third-order valence-corrected chi connectivity index (χ3v) is 5.65. The lowest BCUT2D eigenvalue weighted by molar-refractivity contribution is -0.143. The summed E-state index contributed by atoms with van der Waals surface area (Å²) in [5.41, 5.74) is 7.73. The highest BCUT2D eigenvalue weighted by Crippen LogP contribution is 2.19. The van der Waals surface area contributed by atoms with E-state index in [1.165, 1.54) is 0 Å². The van der Waals surface area contributed by atoms with Crippen LogP contribution in [0.5, 0.6) is 0 Å². The first-order valence-electron chi connectivity index (χ1n) is 11.3. The van der Waals surface area contributed by atoms with Crippen LogP contribution in [0.3, 0.4) is 0 Å². The Morgan fingerprint density at radius 2 is 1.44 bits per heavy atom. The molecule has 190 valence electrons. The van der Waals surface area contributed by atoms with Crippen LogP contribution in [0.15, 0.2) is 60.8 Å². The minimum atomic E-state index is -1.54. The molecule has 11 heteroatoms. The van der Waals surface area contributed by atoms with Crippen LogP contribution >= 0.6 is 0 Å². The van der Waals surface area contributed by atoms with Gasteiger partial charge in [-0.2, -0.15) is 0 Å². The second-order valence-corrected chi connectivity index (χ2v) is 8.22. The molecule has 3 aromatic rings. The van der Waals surface area contributed by atoms with Crippen molar-refractivity contribution < 1.29 is 29.4 Å². The average molecular weight is 496 g/mol. The van der Waals surface area contributed by atoms with Gasteiger partial charge >= 0.3 is 5.97 Å². The van der Waals surface area contributed by atoms with Crippen molar-refractivity contribution in [2.45, 2.75) is 31.0 Å². The molecule has 0 fully saturated rings. The summed E-state index contributed by atoms with van der Waals surface area (Å²) in [5, 5.41) is 26.9. The van der Waals surface area contributed by atoms with Crippen molar-refractivity contribution in [3.8, 4) is 0 Å². The number of benzene rings is 2. The smallest absolute Gasteiger partial charge is 0.328 e. The SMILES string of the molecule is NCC(=O)NC(Cc1ccccc1)C(=O)NC(Cc1c[nH]c2ccccc12)C(=O)NC(CO)C(=O)O. The Balaban J connectivity index is 1.86. The van der Waals surface area contributed by atoms with Crippen molar-refractivity contribution >= 4 is 34.6 Å². The number of aliphatic carboxylic acids is 1. The highest BCUT2D eigenvalue weighted by atomic mass is 16.4. The summed E-state index contributed by atoms with van der Waals surface area (Å²) < 4.78 is 0. The van der Waals surface area contributed by atoms with E-state index >= 15 is 0 Å². The van der Waals surface area contributed by atoms with E-state index in [1.807, 2.05) is 30.3 Å². The number of hydrogen-bond donors (Lipinski definition) is 7. The van der Waals surface area contributed by atoms with E-state index in [0.717, 1.165) is 16.5 Å². The molecule has 1 aromatic heterocycles. The Labute approximate surface area is 207 Å². The summed E-state index contributed by atoms with van der Waals surface area (Å²) in [7, 11) is 0. The van der Waals surface area contributed by atoms with Crippen LogP contribution in [-0.2, 0) is 32.0 Å². The van der Waals surface area contributed by atoms with Gasteiger partial charge in [0.15, 0.2) is 0 Å². The summed E-state index contributed by atoms with van der Waals surface area (Å²) in [6.07, 6.45) is 1.88. The fraction of sp³-hybridized carbons (Fsp3) is 0.280. The molecule has 0 aliphatic heterocycles. The molecule has 1 heterocycles. The maximum absolute atomic E-state index is 13.3. The molecule has 0 saturated carbocycles. The molecule has 2 aromatic carbocycles. The number of amides is 3. The van der Waals surface area contributed by atoms with Gasteiger partial charge in [0.2, 0.25) is 17.7 Å². The van der Waals surface area contributed by atoms with Crippen molar-refractivity contribution in [1.29, 1.82) is 0 Å². The standard InChI is InChI=1S/C25H29N5O6/c26-12-22(32)28-19(10-15-6-2-1-3-7-15)23(33)29-20(24(34)30-21(14-31)25(35)36)11-16-13-27-18-9-5-4-8-17(16)18/h1-9,13,19-21,27,31H,10-12,14,26H2,(H,28,32)(H,29,33)(H,30,34)(H,35,36). The normalized spacial score (nSPS) is 13.4. The minimum absolute atomic E-state index is 0.0300. The van der Waals surface area contributed by atoms with Crippen LogP contribution in [0.1, 0.15) is 11.1 Å². The number of fused-ring (bicyclic) bond motifs is 1. The maximum atomic E-state index is 13.3. The van der Waals surface area contributed by atoms with Gasteiger partial charge < -0.3 is 36.9 Å². The van der Waals surface area contributed by atoms with Crippen molar-refractivity contribution in [3.63, 3.8) is 0 Å². The number of carboxylic acids is 1. The van der Waals surface area contributed by atoms with E-state index < -0.39 is 48.4 Å². The molecule has 8 N–H and O–H groups in total. The molecule has 36 heavy (non-hydrogen) atoms. The molecule has 0 saturated heterocycles. The van der Waals surface area contributed by atoms with E-state index in [9.17, 15) is 29.4 Å². The van der Waals surface area contributed by atoms with Crippen LogP contribution in [0, 0.1) is 0 Å². The van der Waals surface area contributed by atoms with Crippen LogP contribution in [0.25, 0.3) is 10.9 Å². The second kappa shape index (κ2) is 12.5. The highest BCUT2D eigenvalue weighted by Gasteiger charge is 2.30. The Morgan fingerprint density at radius 3 is 2.08 bits per heavy atom. The summed E-state index contributed by atoms with van der Waals surface area (Å²) in [6.45, 7) is -1.15. The number of rotatable bonds is 12. The van der Waals surface area contributed by atoms with Gasteiger partial charge in [0.05, 0.1) is 13.2 Å². The number of carbonyl (C=O) groups is 4. The van der Waals surface area contributed by atoms with Crippen molar-refractivity contribution in [1.82, 2.24) is 20.9 Å². The zero-order valence-corrected chi connectivity index (χ0v) is 19.4. The molecule has 0 radical (unpaired) electrons. The molecule has 0 bridgehead atoms. The zero-order valence-electron chi connectivity index (χ0n) is 19.4. The van der Waals surface area contributed by atoms with E-state index in [0.29, 0.717) is 5.56 Å². The van der Waals surface area contributed by atoms with E-state index in [4.69, 9.17) is 5.73 Å². The summed E-state index contributed by atoms with van der Waals surface area (Å²) in [5.74, 6) is -3.40. The summed E-state index contributed by atoms with van der Waals surface area (Å²) in [6, 6.07) is 12.6. The summed E-state index contributed by atoms with van der Waals surface area (Å²) in [4.78, 5) is 52.8. The number of para-hydroxylation sites is 1. The van der Waals surface area contributed by atoms with Crippen molar-refractivity contribution in [3.05, 3.63) is 71.9 Å². The molecule has 0 spiro atoms. The van der Waals surface area contributed by atoms with Crippen molar-refractivity contribution in [2.75, 3.05) is 13.2 Å². The number of hydrogen-bond acceptors (Lipinski definition) is 6. The quantitative estimate of drug-likeness (QED) is 0.175. The fourth-order valence-corrected chi connectivity index (χ4v) is 3.77. The number of nitrogens with two attached hydrogens (primary N) is 1. The molecule has 0 aliphatic carbocycles. The predicted octanol–water partition coefficient (Wildman–Crippen LogP) is -0.557. The van der Waals surface area contributed by atoms with Gasteiger partial charge in [0.25, 0.3) is 0 Å². The van der Waals surface area contributed by atoms with Crippen molar-refractivity contribution in [2.24, 2.45) is 5.73 Å².